The molecule has 0 aromatic carbocycles. The lowest BCUT2D eigenvalue weighted by Gasteiger charge is -2.23. The largest absolute Gasteiger partial charge is 0.467 e. The molecule has 98 valence electrons. The number of carbonyl (C=O) groups excluding carboxylic acids is 2. The number of esters is 1. The van der Waals surface area contributed by atoms with E-state index in [4.69, 9.17) is 11.6 Å². The summed E-state index contributed by atoms with van der Waals surface area (Å²) in [6.07, 6.45) is 1.38. The Hall–Kier alpha value is -1.62. The van der Waals surface area contributed by atoms with E-state index < -0.39 is 17.4 Å². The van der Waals surface area contributed by atoms with Gasteiger partial charge >= 0.3 is 5.97 Å². The van der Waals surface area contributed by atoms with E-state index in [-0.39, 0.29) is 5.56 Å². The summed E-state index contributed by atoms with van der Waals surface area (Å²) in [6.45, 7) is 4.87. The van der Waals surface area contributed by atoms with E-state index in [0.717, 1.165) is 0 Å². The number of aryl methyl sites for hydroxylation is 1. The zero-order chi connectivity index (χ0) is 13.9. The van der Waals surface area contributed by atoms with Gasteiger partial charge < -0.3 is 10.1 Å². The molecule has 6 heteroatoms. The van der Waals surface area contributed by atoms with Crippen LogP contribution < -0.4 is 5.32 Å². The predicted octanol–water partition coefficient (Wildman–Crippen LogP) is 1.72. The maximum Gasteiger partial charge on any atom is 0.330 e. The highest BCUT2D eigenvalue weighted by molar-refractivity contribution is 6.33. The summed E-state index contributed by atoms with van der Waals surface area (Å²) in [5, 5.41) is 2.84. The number of halogens is 1. The first-order chi connectivity index (χ1) is 8.27. The fourth-order valence-electron chi connectivity index (χ4n) is 1.35. The second-order valence-electron chi connectivity index (χ2n) is 4.38. The zero-order valence-corrected chi connectivity index (χ0v) is 11.5. The SMILES string of the molecule is COC(=O)C(C)(C)NC(=O)c1cnc(C)cc1Cl. The average Bonchev–Trinajstić information content (AvgIpc) is 2.26. The normalized spacial score (nSPS) is 10.9. The van der Waals surface area contributed by atoms with Crippen molar-refractivity contribution in [2.24, 2.45) is 0 Å². The van der Waals surface area contributed by atoms with Crippen LogP contribution in [-0.4, -0.2) is 29.5 Å². The van der Waals surface area contributed by atoms with Crippen LogP contribution in [0, 0.1) is 6.92 Å². The van der Waals surface area contributed by atoms with Crippen LogP contribution in [0.1, 0.15) is 29.9 Å². The molecule has 0 aliphatic carbocycles. The Labute approximate surface area is 110 Å². The Morgan fingerprint density at radius 3 is 2.56 bits per heavy atom. The molecular formula is C12H15ClN2O3. The fourth-order valence-corrected chi connectivity index (χ4v) is 1.64. The summed E-state index contributed by atoms with van der Waals surface area (Å²) in [4.78, 5) is 27.4. The van der Waals surface area contributed by atoms with Crippen molar-refractivity contribution in [3.05, 3.63) is 28.5 Å². The van der Waals surface area contributed by atoms with Gasteiger partial charge in [0.25, 0.3) is 5.91 Å². The first-order valence-corrected chi connectivity index (χ1v) is 5.69. The van der Waals surface area contributed by atoms with Crippen LogP contribution in [0.4, 0.5) is 0 Å². The van der Waals surface area contributed by atoms with Crippen molar-refractivity contribution < 1.29 is 14.3 Å². The number of ether oxygens (including phenoxy) is 1. The summed E-state index contributed by atoms with van der Waals surface area (Å²) in [5.41, 5.74) is -0.192. The van der Waals surface area contributed by atoms with E-state index >= 15 is 0 Å². The van der Waals surface area contributed by atoms with Gasteiger partial charge in [-0.2, -0.15) is 0 Å². The van der Waals surface area contributed by atoms with E-state index in [9.17, 15) is 9.59 Å². The first kappa shape index (κ1) is 14.4. The molecule has 0 aliphatic heterocycles. The monoisotopic (exact) mass is 270 g/mol. The van der Waals surface area contributed by atoms with Gasteiger partial charge in [0.05, 0.1) is 17.7 Å². The van der Waals surface area contributed by atoms with Crippen LogP contribution in [0.5, 0.6) is 0 Å². The number of aromatic nitrogens is 1. The van der Waals surface area contributed by atoms with Crippen molar-refractivity contribution in [1.29, 1.82) is 0 Å². The molecule has 1 aromatic rings. The third kappa shape index (κ3) is 3.20. The Balaban J connectivity index is 2.92. The highest BCUT2D eigenvalue weighted by Crippen LogP contribution is 2.17. The van der Waals surface area contributed by atoms with E-state index in [1.807, 2.05) is 0 Å². The number of hydrogen-bond acceptors (Lipinski definition) is 4. The minimum absolute atomic E-state index is 0.222. The van der Waals surface area contributed by atoms with Crippen LogP contribution >= 0.6 is 11.6 Å². The molecule has 0 spiro atoms. The molecule has 0 saturated heterocycles. The summed E-state index contributed by atoms with van der Waals surface area (Å²) in [5.74, 6) is -1.00. The quantitative estimate of drug-likeness (QED) is 0.850. The average molecular weight is 271 g/mol. The van der Waals surface area contributed by atoms with Gasteiger partial charge in [0.1, 0.15) is 5.54 Å². The number of nitrogens with zero attached hydrogens (tertiary/aromatic N) is 1. The van der Waals surface area contributed by atoms with E-state index in [1.165, 1.54) is 13.3 Å². The van der Waals surface area contributed by atoms with Crippen molar-refractivity contribution in [2.75, 3.05) is 7.11 Å². The molecule has 0 atom stereocenters. The number of rotatable bonds is 3. The van der Waals surface area contributed by atoms with Crippen molar-refractivity contribution >= 4 is 23.5 Å². The summed E-state index contributed by atoms with van der Waals surface area (Å²) < 4.78 is 4.60. The lowest BCUT2D eigenvalue weighted by atomic mass is 10.1. The second kappa shape index (κ2) is 5.35. The molecule has 0 radical (unpaired) electrons. The van der Waals surface area contributed by atoms with Crippen molar-refractivity contribution in [1.82, 2.24) is 10.3 Å². The van der Waals surface area contributed by atoms with Gasteiger partial charge in [0.15, 0.2) is 0 Å². The summed E-state index contributed by atoms with van der Waals surface area (Å²) in [7, 11) is 1.26. The highest BCUT2D eigenvalue weighted by Gasteiger charge is 2.31. The van der Waals surface area contributed by atoms with Gasteiger partial charge in [-0.1, -0.05) is 11.6 Å². The lowest BCUT2D eigenvalue weighted by molar-refractivity contribution is -0.146. The van der Waals surface area contributed by atoms with Gasteiger partial charge in [0.2, 0.25) is 0 Å². The van der Waals surface area contributed by atoms with Crippen molar-refractivity contribution in [3.8, 4) is 0 Å². The third-order valence-electron chi connectivity index (χ3n) is 2.36. The van der Waals surface area contributed by atoms with Gasteiger partial charge in [0, 0.05) is 11.9 Å². The van der Waals surface area contributed by atoms with Crippen LogP contribution in [-0.2, 0) is 9.53 Å². The zero-order valence-electron chi connectivity index (χ0n) is 10.7. The highest BCUT2D eigenvalue weighted by atomic mass is 35.5. The van der Waals surface area contributed by atoms with Crippen LogP contribution in [0.2, 0.25) is 5.02 Å². The molecule has 0 bridgehead atoms. The van der Waals surface area contributed by atoms with Gasteiger partial charge in [-0.3, -0.25) is 9.78 Å². The molecule has 0 aliphatic rings. The molecule has 0 unspecified atom stereocenters. The van der Waals surface area contributed by atoms with Crippen molar-refractivity contribution in [3.63, 3.8) is 0 Å². The molecular weight excluding hydrogens is 256 g/mol. The maximum absolute atomic E-state index is 12.0. The second-order valence-corrected chi connectivity index (χ2v) is 4.78. The molecule has 1 aromatic heterocycles. The van der Waals surface area contributed by atoms with E-state index in [1.54, 1.807) is 26.8 Å². The summed E-state index contributed by atoms with van der Waals surface area (Å²) >= 11 is 5.95. The Morgan fingerprint density at radius 2 is 2.06 bits per heavy atom. The van der Waals surface area contributed by atoms with Crippen LogP contribution in [0.15, 0.2) is 12.3 Å². The fraction of sp³-hybridized carbons (Fsp3) is 0.417. The number of nitrogens with one attached hydrogen (secondary N) is 1. The van der Waals surface area contributed by atoms with Gasteiger partial charge in [-0.15, -0.1) is 0 Å². The maximum atomic E-state index is 12.0. The molecule has 1 amide bonds. The van der Waals surface area contributed by atoms with Gasteiger partial charge in [-0.25, -0.2) is 4.79 Å². The number of hydrogen-bond donors (Lipinski definition) is 1. The molecule has 0 saturated carbocycles. The predicted molar refractivity (Wildman–Crippen MR) is 67.5 cm³/mol. The molecule has 1 heterocycles. The number of amides is 1. The molecule has 0 fully saturated rings. The van der Waals surface area contributed by atoms with Crippen molar-refractivity contribution in [2.45, 2.75) is 26.3 Å². The summed E-state index contributed by atoms with van der Waals surface area (Å²) in [6, 6.07) is 1.58. The number of methoxy groups -OCH3 is 1. The standard InChI is InChI=1S/C12H15ClN2O3/c1-7-5-9(13)8(6-14-7)10(16)15-12(2,3)11(17)18-4/h5-6H,1-4H3,(H,15,16). The molecule has 18 heavy (non-hydrogen) atoms. The minimum Gasteiger partial charge on any atom is -0.467 e. The number of pyridine rings is 1. The minimum atomic E-state index is -1.12. The molecule has 5 nitrogen and oxygen atoms in total. The van der Waals surface area contributed by atoms with E-state index in [2.05, 4.69) is 15.0 Å². The Morgan fingerprint density at radius 1 is 1.44 bits per heavy atom. The topological polar surface area (TPSA) is 68.3 Å². The Bertz CT molecular complexity index is 486. The van der Waals surface area contributed by atoms with E-state index in [0.29, 0.717) is 10.7 Å². The van der Waals surface area contributed by atoms with Gasteiger partial charge in [-0.05, 0) is 26.8 Å². The Kier molecular flexibility index (Phi) is 4.29. The lowest BCUT2D eigenvalue weighted by Crippen LogP contribution is -2.50. The third-order valence-corrected chi connectivity index (χ3v) is 2.67. The molecule has 1 N–H and O–H groups in total. The number of carbonyl (C=O) groups is 2. The van der Waals surface area contributed by atoms with Crippen LogP contribution in [0.25, 0.3) is 0 Å². The first-order valence-electron chi connectivity index (χ1n) is 5.31. The molecule has 1 rings (SSSR count). The van der Waals surface area contributed by atoms with Crippen LogP contribution in [0.3, 0.4) is 0 Å². The smallest absolute Gasteiger partial charge is 0.330 e.